The molecule has 0 saturated carbocycles. The van der Waals surface area contributed by atoms with Crippen molar-refractivity contribution >= 4 is 27.9 Å². The summed E-state index contributed by atoms with van der Waals surface area (Å²) < 4.78 is 2.01. The standard InChI is InChI=1S/C21H19N3OS/c1-14-8-15(2)10-17(9-14)22-20(25)11-18-13-26-21-23-19(12-24(18)21)16-6-4-3-5-7-16/h3-10,12-13H,11H2,1-2H3,(H,22,25). The van der Waals surface area contributed by atoms with Gasteiger partial charge >= 0.3 is 0 Å². The molecule has 0 fully saturated rings. The molecule has 1 amide bonds. The van der Waals surface area contributed by atoms with Crippen LogP contribution >= 0.6 is 11.3 Å². The number of benzene rings is 2. The van der Waals surface area contributed by atoms with Crippen LogP contribution in [0.4, 0.5) is 5.69 Å². The number of nitrogens with one attached hydrogen (secondary N) is 1. The number of rotatable bonds is 4. The van der Waals surface area contributed by atoms with Crippen LogP contribution in [-0.2, 0) is 11.2 Å². The van der Waals surface area contributed by atoms with Crippen LogP contribution in [0.25, 0.3) is 16.2 Å². The number of hydrogen-bond donors (Lipinski definition) is 1. The smallest absolute Gasteiger partial charge is 0.230 e. The number of imidazole rings is 1. The van der Waals surface area contributed by atoms with Gasteiger partial charge in [-0.1, -0.05) is 36.4 Å². The van der Waals surface area contributed by atoms with E-state index in [1.54, 1.807) is 11.3 Å². The minimum absolute atomic E-state index is 0.0235. The van der Waals surface area contributed by atoms with Gasteiger partial charge in [-0.05, 0) is 37.1 Å². The number of aromatic nitrogens is 2. The number of nitrogens with zero attached hydrogens (tertiary/aromatic N) is 2. The minimum atomic E-state index is -0.0235. The van der Waals surface area contributed by atoms with E-state index < -0.39 is 0 Å². The fraction of sp³-hybridized carbons (Fsp3) is 0.143. The number of hydrogen-bond acceptors (Lipinski definition) is 3. The highest BCUT2D eigenvalue weighted by Gasteiger charge is 2.13. The molecular formula is C21H19N3OS. The van der Waals surface area contributed by atoms with Crippen LogP contribution in [0, 0.1) is 13.8 Å². The van der Waals surface area contributed by atoms with Gasteiger partial charge in [0.2, 0.25) is 5.91 Å². The molecule has 0 aliphatic carbocycles. The molecule has 130 valence electrons. The first-order chi connectivity index (χ1) is 12.6. The van der Waals surface area contributed by atoms with Crippen LogP contribution in [0.3, 0.4) is 0 Å². The van der Waals surface area contributed by atoms with Crippen LogP contribution in [0.1, 0.15) is 16.8 Å². The molecule has 1 N–H and O–H groups in total. The first kappa shape index (κ1) is 16.5. The Bertz CT molecular complexity index is 1060. The maximum Gasteiger partial charge on any atom is 0.230 e. The lowest BCUT2D eigenvalue weighted by molar-refractivity contribution is -0.115. The quantitative estimate of drug-likeness (QED) is 0.564. The summed E-state index contributed by atoms with van der Waals surface area (Å²) in [6.45, 7) is 4.06. The van der Waals surface area contributed by atoms with Crippen LogP contribution in [0.15, 0.2) is 60.1 Å². The van der Waals surface area contributed by atoms with Crippen molar-refractivity contribution in [1.29, 1.82) is 0 Å². The molecule has 0 radical (unpaired) electrons. The van der Waals surface area contributed by atoms with E-state index in [2.05, 4.69) is 16.4 Å². The zero-order chi connectivity index (χ0) is 18.1. The van der Waals surface area contributed by atoms with Crippen molar-refractivity contribution in [1.82, 2.24) is 9.38 Å². The van der Waals surface area contributed by atoms with E-state index in [-0.39, 0.29) is 5.91 Å². The molecule has 0 atom stereocenters. The fourth-order valence-electron chi connectivity index (χ4n) is 3.12. The van der Waals surface area contributed by atoms with Crippen LogP contribution in [-0.4, -0.2) is 15.3 Å². The fourth-order valence-corrected chi connectivity index (χ4v) is 3.99. The number of thiazole rings is 1. The number of aryl methyl sites for hydroxylation is 2. The molecule has 4 nitrogen and oxygen atoms in total. The maximum absolute atomic E-state index is 12.5. The summed E-state index contributed by atoms with van der Waals surface area (Å²) in [5.41, 5.74) is 6.07. The van der Waals surface area contributed by atoms with E-state index in [1.807, 2.05) is 72.3 Å². The lowest BCUT2D eigenvalue weighted by atomic mass is 10.1. The first-order valence-electron chi connectivity index (χ1n) is 8.47. The number of fused-ring (bicyclic) bond motifs is 1. The molecule has 0 saturated heterocycles. The Labute approximate surface area is 156 Å². The lowest BCUT2D eigenvalue weighted by Gasteiger charge is -2.07. The van der Waals surface area contributed by atoms with E-state index in [9.17, 15) is 4.79 Å². The molecule has 5 heteroatoms. The zero-order valence-corrected chi connectivity index (χ0v) is 15.5. The van der Waals surface area contributed by atoms with Crippen molar-refractivity contribution in [3.63, 3.8) is 0 Å². The van der Waals surface area contributed by atoms with Gasteiger partial charge < -0.3 is 5.32 Å². The minimum Gasteiger partial charge on any atom is -0.326 e. The molecule has 0 spiro atoms. The van der Waals surface area contributed by atoms with Crippen molar-refractivity contribution in [2.75, 3.05) is 5.32 Å². The highest BCUT2D eigenvalue weighted by atomic mass is 32.1. The summed E-state index contributed by atoms with van der Waals surface area (Å²) in [5.74, 6) is -0.0235. The lowest BCUT2D eigenvalue weighted by Crippen LogP contribution is -2.15. The Morgan fingerprint density at radius 3 is 2.58 bits per heavy atom. The highest BCUT2D eigenvalue weighted by Crippen LogP contribution is 2.24. The predicted octanol–water partition coefficient (Wildman–Crippen LogP) is 4.86. The second kappa shape index (κ2) is 6.77. The molecule has 2 aromatic carbocycles. The summed E-state index contributed by atoms with van der Waals surface area (Å²) in [6, 6.07) is 16.1. The normalized spacial score (nSPS) is 11.0. The average Bonchev–Trinajstić information content (AvgIpc) is 3.17. The van der Waals surface area contributed by atoms with Crippen molar-refractivity contribution in [3.05, 3.63) is 76.9 Å². The molecule has 4 rings (SSSR count). The molecule has 0 aliphatic heterocycles. The Morgan fingerprint density at radius 2 is 1.85 bits per heavy atom. The Kier molecular flexibility index (Phi) is 4.31. The van der Waals surface area contributed by atoms with Crippen molar-refractivity contribution in [2.24, 2.45) is 0 Å². The predicted molar refractivity (Wildman–Crippen MR) is 107 cm³/mol. The van der Waals surface area contributed by atoms with Gasteiger partial charge in [-0.25, -0.2) is 4.98 Å². The van der Waals surface area contributed by atoms with E-state index in [1.165, 1.54) is 0 Å². The summed E-state index contributed by atoms with van der Waals surface area (Å²) in [5, 5.41) is 5.00. The topological polar surface area (TPSA) is 46.4 Å². The molecular weight excluding hydrogens is 342 g/mol. The van der Waals surface area contributed by atoms with Gasteiger partial charge in [0, 0.05) is 28.5 Å². The van der Waals surface area contributed by atoms with Crippen LogP contribution in [0.5, 0.6) is 0 Å². The molecule has 26 heavy (non-hydrogen) atoms. The van der Waals surface area contributed by atoms with Gasteiger partial charge in [-0.15, -0.1) is 11.3 Å². The number of amides is 1. The zero-order valence-electron chi connectivity index (χ0n) is 14.7. The summed E-state index contributed by atoms with van der Waals surface area (Å²) in [4.78, 5) is 18.1. The number of carbonyl (C=O) groups is 1. The van der Waals surface area contributed by atoms with Gasteiger partial charge in [0.15, 0.2) is 4.96 Å². The van der Waals surface area contributed by atoms with Gasteiger partial charge in [0.1, 0.15) is 0 Å². The summed E-state index contributed by atoms with van der Waals surface area (Å²) in [6.07, 6.45) is 2.32. The molecule has 0 unspecified atom stereocenters. The molecule has 2 heterocycles. The third-order valence-electron chi connectivity index (χ3n) is 4.20. The molecule has 2 aromatic heterocycles. The molecule has 0 bridgehead atoms. The third kappa shape index (κ3) is 3.39. The van der Waals surface area contributed by atoms with E-state index in [0.29, 0.717) is 6.42 Å². The monoisotopic (exact) mass is 361 g/mol. The number of anilines is 1. The second-order valence-electron chi connectivity index (χ2n) is 6.47. The van der Waals surface area contributed by atoms with Gasteiger partial charge in [0.25, 0.3) is 0 Å². The van der Waals surface area contributed by atoms with Gasteiger partial charge in [0.05, 0.1) is 12.1 Å². The highest BCUT2D eigenvalue weighted by molar-refractivity contribution is 7.15. The van der Waals surface area contributed by atoms with E-state index in [0.717, 1.165) is 38.7 Å². The maximum atomic E-state index is 12.5. The van der Waals surface area contributed by atoms with Gasteiger partial charge in [-0.2, -0.15) is 0 Å². The molecule has 4 aromatic rings. The summed E-state index contributed by atoms with van der Waals surface area (Å²) >= 11 is 1.55. The number of carbonyl (C=O) groups excluding carboxylic acids is 1. The van der Waals surface area contributed by atoms with Crippen molar-refractivity contribution in [3.8, 4) is 11.3 Å². The third-order valence-corrected chi connectivity index (χ3v) is 5.09. The second-order valence-corrected chi connectivity index (χ2v) is 7.31. The SMILES string of the molecule is Cc1cc(C)cc(NC(=O)Cc2csc3nc(-c4ccccc4)cn23)c1. The average molecular weight is 361 g/mol. The Hall–Kier alpha value is -2.92. The largest absolute Gasteiger partial charge is 0.326 e. The first-order valence-corrected chi connectivity index (χ1v) is 9.35. The van der Waals surface area contributed by atoms with Crippen LogP contribution < -0.4 is 5.32 Å². The van der Waals surface area contributed by atoms with E-state index in [4.69, 9.17) is 0 Å². The van der Waals surface area contributed by atoms with E-state index >= 15 is 0 Å². The van der Waals surface area contributed by atoms with Crippen molar-refractivity contribution < 1.29 is 4.79 Å². The Morgan fingerprint density at radius 1 is 1.12 bits per heavy atom. The van der Waals surface area contributed by atoms with Crippen molar-refractivity contribution in [2.45, 2.75) is 20.3 Å². The van der Waals surface area contributed by atoms with Crippen LogP contribution in [0.2, 0.25) is 0 Å². The van der Waals surface area contributed by atoms with Gasteiger partial charge in [-0.3, -0.25) is 9.20 Å². The Balaban J connectivity index is 1.55. The molecule has 0 aliphatic rings. The summed E-state index contributed by atoms with van der Waals surface area (Å²) in [7, 11) is 0.